The first-order chi connectivity index (χ1) is 37.9. The van der Waals surface area contributed by atoms with Crippen molar-refractivity contribution in [2.24, 2.45) is 5.92 Å². The van der Waals surface area contributed by atoms with Crippen molar-refractivity contribution in [2.45, 2.75) is 272 Å². The minimum atomic E-state index is -1.42. The molecule has 480 valence electrons. The van der Waals surface area contributed by atoms with Crippen molar-refractivity contribution in [3.05, 3.63) is 33.4 Å². The van der Waals surface area contributed by atoms with Gasteiger partial charge in [-0.1, -0.05) is 71.8 Å². The molecule has 0 aromatic rings. The fraction of sp³-hybridized carbons (Fsp3) is 0.871. The maximum atomic E-state index is 12.4. The summed E-state index contributed by atoms with van der Waals surface area (Å²) >= 11 is 0. The van der Waals surface area contributed by atoms with Crippen molar-refractivity contribution < 1.29 is 68.5 Å². The Hall–Kier alpha value is -2.94. The van der Waals surface area contributed by atoms with Crippen molar-refractivity contribution in [3.63, 3.8) is 0 Å². The molecule has 2 rings (SSSR count). The second kappa shape index (κ2) is 47.3. The molecule has 2 heterocycles. The molecule has 2 fully saturated rings. The van der Waals surface area contributed by atoms with Gasteiger partial charge in [-0.15, -0.1) is 12.3 Å². The van der Waals surface area contributed by atoms with E-state index in [4.69, 9.17) is 28.4 Å². The number of terminal acetylenes is 1. The number of unbranched alkanes of at least 4 members (excludes halogenated alkanes) is 1. The third kappa shape index (κ3) is 35.2. The summed E-state index contributed by atoms with van der Waals surface area (Å²) < 4.78 is 33.1. The van der Waals surface area contributed by atoms with Crippen molar-refractivity contribution >= 4 is 12.2 Å². The van der Waals surface area contributed by atoms with Gasteiger partial charge in [0.05, 0.1) is 54.4 Å². The number of methoxy groups -OCH3 is 3. The summed E-state index contributed by atoms with van der Waals surface area (Å²) in [5.74, 6) is 2.29. The highest BCUT2D eigenvalue weighted by Crippen LogP contribution is 2.30. The van der Waals surface area contributed by atoms with Gasteiger partial charge >= 0.3 is 0 Å². The number of carbonyl (C=O) groups is 2. The van der Waals surface area contributed by atoms with Crippen LogP contribution in [0.1, 0.15) is 188 Å². The summed E-state index contributed by atoms with van der Waals surface area (Å²) in [6.07, 6.45) is 12.2. The van der Waals surface area contributed by atoms with Crippen LogP contribution < -0.4 is 5.32 Å². The Morgan fingerprint density at radius 2 is 1.54 bits per heavy atom. The molecule has 15 atom stereocenters. The SMILES string of the molecule is C#CC.CC.CC.CC[C@@H](CC=O)OC.CC[C@@H](OC)[C@@](C)(O)[C@H](O)[C@@H](C)N(C)C[C@H](C)C[C@@](C)(O)[C@@H](C)OCC1OC(C)C[C@H](N(C)CCCCC(=O)NCC/C(C)=C/C=C(\C)CC[N+](=O)[O-])[C@H]1O.CO[C@]1(C)CCO[C@@H](C)[C@@H]1O. The van der Waals surface area contributed by atoms with E-state index in [0.29, 0.717) is 64.6 Å². The number of nitrogens with one attached hydrogen (secondary N) is 1. The van der Waals surface area contributed by atoms with Crippen LogP contribution in [0.25, 0.3) is 0 Å². The van der Waals surface area contributed by atoms with Gasteiger partial charge in [0.1, 0.15) is 30.2 Å². The zero-order chi connectivity index (χ0) is 63.7. The Labute approximate surface area is 492 Å². The van der Waals surface area contributed by atoms with Crippen LogP contribution in [0.4, 0.5) is 0 Å². The average molecular weight is 1160 g/mol. The van der Waals surface area contributed by atoms with Crippen LogP contribution in [0.15, 0.2) is 23.3 Å². The number of aliphatic hydroxyl groups is 5. The zero-order valence-electron chi connectivity index (χ0n) is 54.9. The van der Waals surface area contributed by atoms with Crippen molar-refractivity contribution in [1.82, 2.24) is 15.1 Å². The number of aldehydes is 1. The Kier molecular flexibility index (Phi) is 49.4. The number of carbonyl (C=O) groups excluding carboxylic acids is 2. The smallest absolute Gasteiger partial charge is 0.220 e. The number of hydrogen-bond acceptors (Lipinski definition) is 17. The van der Waals surface area contributed by atoms with Crippen LogP contribution in [-0.2, 0) is 38.0 Å². The lowest BCUT2D eigenvalue weighted by Gasteiger charge is -2.43. The molecule has 2 saturated heterocycles. The molecule has 0 aromatic carbocycles. The third-order valence-electron chi connectivity index (χ3n) is 15.1. The minimum absolute atomic E-state index is 0.00200. The van der Waals surface area contributed by atoms with Gasteiger partial charge in [0.2, 0.25) is 12.5 Å². The standard InChI is InChI=1S/C41H78N4O10.C8H16O3.C6H12O2.C3H4.2C2H6/c1-13-36(53-12)41(9,50)39(48)32(6)44(11)26-30(4)25-40(8,49)33(7)54-27-35-38(47)34(24-31(5)55-35)43(10)22-15-14-16-37(46)42-21-19-28(2)17-18-29(3)20-23-45(51)52;1-6-7(9)8(2,10-3)4-5-11-6;1-3-6(8-2)4-5-7;1-3-2;2*1-2/h17-18,30-36,38-39,47-50H,13-16,19-27H2,1-12H3,(H,42,46);6-7,9H,4-5H2,1-3H3;5-6H,3-4H2,1-2H3;1H,2H3;2*1-2H3/b28-17+,29-18+;;;;;/t30-,31?,32-,33-,34+,35?,36-,38-,39-,40-,41-;6-,7-,8+;6-;;;/m100.../s1. The molecule has 19 heteroatoms. The third-order valence-corrected chi connectivity index (χ3v) is 15.1. The van der Waals surface area contributed by atoms with E-state index in [1.54, 1.807) is 35.0 Å². The molecule has 2 aliphatic heterocycles. The number of rotatable bonds is 32. The fourth-order valence-corrected chi connectivity index (χ4v) is 9.45. The second-order valence-electron chi connectivity index (χ2n) is 22.0. The average Bonchev–Trinajstić information content (AvgIpc) is 3.43. The van der Waals surface area contributed by atoms with E-state index in [1.807, 2.05) is 128 Å². The molecule has 0 saturated carbocycles. The van der Waals surface area contributed by atoms with Crippen molar-refractivity contribution in [1.29, 1.82) is 0 Å². The number of nitrogens with zero attached hydrogens (tertiary/aromatic N) is 3. The summed E-state index contributed by atoms with van der Waals surface area (Å²) in [6, 6.07) is -0.498. The van der Waals surface area contributed by atoms with Gasteiger partial charge in [-0.2, -0.15) is 0 Å². The first kappa shape index (κ1) is 84.5. The van der Waals surface area contributed by atoms with E-state index < -0.39 is 53.4 Å². The Bertz CT molecular complexity index is 1700. The maximum Gasteiger partial charge on any atom is 0.220 e. The number of likely N-dealkylation sites (N-methyl/N-ethyl adjacent to an activating group) is 2. The molecule has 19 nitrogen and oxygen atoms in total. The lowest BCUT2D eigenvalue weighted by Crippen LogP contribution is -2.58. The van der Waals surface area contributed by atoms with Crippen LogP contribution in [-0.4, -0.2) is 211 Å². The number of hydrogen-bond donors (Lipinski definition) is 6. The topological polar surface area (TPSA) is 252 Å². The minimum Gasteiger partial charge on any atom is -0.389 e. The molecule has 2 unspecified atom stereocenters. The summed E-state index contributed by atoms with van der Waals surface area (Å²) in [6.45, 7) is 34.8. The molecule has 0 aromatic heterocycles. The quantitative estimate of drug-likeness (QED) is 0.00924. The van der Waals surface area contributed by atoms with Gasteiger partial charge < -0.3 is 73.9 Å². The Morgan fingerprint density at radius 3 is 2.01 bits per heavy atom. The highest BCUT2D eigenvalue weighted by Gasteiger charge is 2.44. The van der Waals surface area contributed by atoms with Crippen molar-refractivity contribution in [2.75, 3.05) is 74.8 Å². The monoisotopic (exact) mass is 1160 g/mol. The number of allylic oxidation sites excluding steroid dienone is 2. The second-order valence-corrected chi connectivity index (χ2v) is 22.0. The molecule has 0 spiro atoms. The first-order valence-corrected chi connectivity index (χ1v) is 29.8. The van der Waals surface area contributed by atoms with Gasteiger partial charge in [0, 0.05) is 83.7 Å². The highest BCUT2D eigenvalue weighted by atomic mass is 16.6. The molecule has 0 bridgehead atoms. The molecule has 0 aliphatic carbocycles. The largest absolute Gasteiger partial charge is 0.389 e. The predicted molar refractivity (Wildman–Crippen MR) is 327 cm³/mol. The lowest BCUT2D eigenvalue weighted by atomic mass is 9.85. The summed E-state index contributed by atoms with van der Waals surface area (Å²) in [4.78, 5) is 36.6. The van der Waals surface area contributed by atoms with E-state index in [-0.39, 0.29) is 60.3 Å². The van der Waals surface area contributed by atoms with E-state index in [1.165, 1.54) is 7.11 Å². The number of aliphatic hydroxyl groups excluding tert-OH is 3. The highest BCUT2D eigenvalue weighted by molar-refractivity contribution is 5.75. The van der Waals surface area contributed by atoms with E-state index in [9.17, 15) is 45.2 Å². The molecule has 0 radical (unpaired) electrons. The van der Waals surface area contributed by atoms with E-state index in [0.717, 1.165) is 49.7 Å². The number of ether oxygens (including phenoxy) is 6. The Morgan fingerprint density at radius 1 is 0.975 bits per heavy atom. The van der Waals surface area contributed by atoms with Gasteiger partial charge in [-0.3, -0.25) is 14.9 Å². The maximum absolute atomic E-state index is 12.4. The first-order valence-electron chi connectivity index (χ1n) is 29.8. The fourth-order valence-electron chi connectivity index (χ4n) is 9.45. The van der Waals surface area contributed by atoms with Crippen LogP contribution in [0, 0.1) is 28.4 Å². The van der Waals surface area contributed by atoms with Crippen molar-refractivity contribution in [3.8, 4) is 12.3 Å². The van der Waals surface area contributed by atoms with Crippen LogP contribution in [0.2, 0.25) is 0 Å². The van der Waals surface area contributed by atoms with E-state index in [2.05, 4.69) is 22.6 Å². The van der Waals surface area contributed by atoms with Gasteiger partial charge in [0.25, 0.3) is 0 Å². The zero-order valence-corrected chi connectivity index (χ0v) is 54.9. The normalized spacial score (nSPS) is 24.6. The van der Waals surface area contributed by atoms with Gasteiger partial charge in [-0.25, -0.2) is 0 Å². The van der Waals surface area contributed by atoms with E-state index >= 15 is 0 Å². The summed E-state index contributed by atoms with van der Waals surface area (Å²) in [5.41, 5.74) is -0.972. The molecule has 6 N–H and O–H groups in total. The molecule has 1 amide bonds. The molecule has 81 heavy (non-hydrogen) atoms. The van der Waals surface area contributed by atoms with Crippen LogP contribution in [0.3, 0.4) is 0 Å². The summed E-state index contributed by atoms with van der Waals surface area (Å²) in [5, 5.41) is 68.0. The van der Waals surface area contributed by atoms with Crippen LogP contribution >= 0.6 is 0 Å². The van der Waals surface area contributed by atoms with Crippen LogP contribution in [0.5, 0.6) is 0 Å². The summed E-state index contributed by atoms with van der Waals surface area (Å²) in [7, 11) is 8.66. The predicted octanol–water partition coefficient (Wildman–Crippen LogP) is 8.35. The Balaban J connectivity index is -0.000000931. The number of amides is 1. The van der Waals surface area contributed by atoms with Gasteiger partial charge in [-0.05, 0) is 141 Å². The number of nitro groups is 1. The molecule has 2 aliphatic rings. The lowest BCUT2D eigenvalue weighted by molar-refractivity contribution is -0.479. The molecular formula is C62H122N4O15. The van der Waals surface area contributed by atoms with Gasteiger partial charge in [0.15, 0.2) is 0 Å². The molecular weight excluding hydrogens is 1040 g/mol.